The minimum atomic E-state index is 0.411. The molecular formula is C18H22BrNO. The van der Waals surface area contributed by atoms with Crippen molar-refractivity contribution in [2.45, 2.75) is 33.1 Å². The minimum Gasteiger partial charge on any atom is -0.457 e. The molecule has 0 bridgehead atoms. The third-order valence-electron chi connectivity index (χ3n) is 3.49. The van der Waals surface area contributed by atoms with Crippen molar-refractivity contribution < 1.29 is 4.74 Å². The largest absolute Gasteiger partial charge is 0.457 e. The average Bonchev–Trinajstić information content (AvgIpc) is 2.43. The molecule has 0 aromatic heterocycles. The van der Waals surface area contributed by atoms with E-state index in [0.717, 1.165) is 28.0 Å². The number of aryl methyl sites for hydroxylation is 1. The van der Waals surface area contributed by atoms with Crippen LogP contribution in [0.25, 0.3) is 0 Å². The van der Waals surface area contributed by atoms with Crippen molar-refractivity contribution >= 4 is 15.9 Å². The van der Waals surface area contributed by atoms with Crippen LogP contribution in [0.1, 0.15) is 36.5 Å². The SMILES string of the molecule is Cc1cc(CCN)ccc1Oc1ccc(Br)cc1C(C)C. The Balaban J connectivity index is 2.30. The summed E-state index contributed by atoms with van der Waals surface area (Å²) in [6, 6.07) is 12.4. The fourth-order valence-electron chi connectivity index (χ4n) is 2.33. The van der Waals surface area contributed by atoms with Gasteiger partial charge in [0.05, 0.1) is 0 Å². The molecule has 2 N–H and O–H groups in total. The van der Waals surface area contributed by atoms with Gasteiger partial charge in [0, 0.05) is 4.47 Å². The van der Waals surface area contributed by atoms with Crippen LogP contribution in [0, 0.1) is 6.92 Å². The van der Waals surface area contributed by atoms with Crippen LogP contribution in [-0.2, 0) is 6.42 Å². The summed E-state index contributed by atoms with van der Waals surface area (Å²) in [5.41, 5.74) is 9.20. The molecule has 2 rings (SSSR count). The molecule has 0 saturated carbocycles. The van der Waals surface area contributed by atoms with Gasteiger partial charge in [0.2, 0.25) is 0 Å². The van der Waals surface area contributed by atoms with E-state index in [0.29, 0.717) is 12.5 Å². The Labute approximate surface area is 135 Å². The van der Waals surface area contributed by atoms with Gasteiger partial charge in [-0.15, -0.1) is 0 Å². The normalized spacial score (nSPS) is 11.0. The van der Waals surface area contributed by atoms with E-state index < -0.39 is 0 Å². The van der Waals surface area contributed by atoms with Crippen LogP contribution in [0.15, 0.2) is 40.9 Å². The first kappa shape index (κ1) is 16.1. The van der Waals surface area contributed by atoms with Crippen molar-refractivity contribution in [2.24, 2.45) is 5.73 Å². The summed E-state index contributed by atoms with van der Waals surface area (Å²) in [6.45, 7) is 7.09. The number of ether oxygens (including phenoxy) is 1. The Kier molecular flexibility index (Phi) is 5.43. The predicted octanol–water partition coefficient (Wildman–Crippen LogP) is 5.17. The molecule has 0 heterocycles. The van der Waals surface area contributed by atoms with E-state index in [4.69, 9.17) is 10.5 Å². The van der Waals surface area contributed by atoms with E-state index in [1.54, 1.807) is 0 Å². The molecule has 0 amide bonds. The third kappa shape index (κ3) is 4.08. The van der Waals surface area contributed by atoms with Gasteiger partial charge in [0.25, 0.3) is 0 Å². The molecule has 3 heteroatoms. The van der Waals surface area contributed by atoms with E-state index in [-0.39, 0.29) is 0 Å². The molecular weight excluding hydrogens is 326 g/mol. The minimum absolute atomic E-state index is 0.411. The molecule has 0 unspecified atom stereocenters. The summed E-state index contributed by atoms with van der Waals surface area (Å²) in [5.74, 6) is 2.23. The van der Waals surface area contributed by atoms with Crippen molar-refractivity contribution in [3.8, 4) is 11.5 Å². The third-order valence-corrected chi connectivity index (χ3v) is 3.98. The van der Waals surface area contributed by atoms with E-state index in [1.165, 1.54) is 11.1 Å². The summed E-state index contributed by atoms with van der Waals surface area (Å²) < 4.78 is 7.22. The number of hydrogen-bond acceptors (Lipinski definition) is 2. The van der Waals surface area contributed by atoms with Crippen LogP contribution in [0.3, 0.4) is 0 Å². The summed E-state index contributed by atoms with van der Waals surface area (Å²) in [7, 11) is 0. The van der Waals surface area contributed by atoms with Gasteiger partial charge in [0.15, 0.2) is 0 Å². The second kappa shape index (κ2) is 7.10. The maximum absolute atomic E-state index is 6.14. The Morgan fingerprint density at radius 2 is 1.81 bits per heavy atom. The van der Waals surface area contributed by atoms with Crippen LogP contribution in [0.5, 0.6) is 11.5 Å². The molecule has 2 aromatic carbocycles. The Morgan fingerprint density at radius 1 is 1.10 bits per heavy atom. The lowest BCUT2D eigenvalue weighted by atomic mass is 10.0. The zero-order valence-electron chi connectivity index (χ0n) is 12.8. The van der Waals surface area contributed by atoms with Crippen LogP contribution < -0.4 is 10.5 Å². The average molecular weight is 348 g/mol. The first-order valence-electron chi connectivity index (χ1n) is 7.28. The highest BCUT2D eigenvalue weighted by molar-refractivity contribution is 9.10. The second-order valence-corrected chi connectivity index (χ2v) is 6.49. The van der Waals surface area contributed by atoms with Crippen LogP contribution >= 0.6 is 15.9 Å². The maximum atomic E-state index is 6.14. The van der Waals surface area contributed by atoms with E-state index in [1.807, 2.05) is 18.2 Å². The number of benzene rings is 2. The Morgan fingerprint density at radius 3 is 2.43 bits per heavy atom. The van der Waals surface area contributed by atoms with Crippen molar-refractivity contribution in [1.29, 1.82) is 0 Å². The van der Waals surface area contributed by atoms with Gasteiger partial charge in [-0.3, -0.25) is 0 Å². The van der Waals surface area contributed by atoms with Crippen molar-refractivity contribution in [3.05, 3.63) is 57.6 Å². The molecule has 112 valence electrons. The van der Waals surface area contributed by atoms with Gasteiger partial charge in [-0.1, -0.05) is 41.9 Å². The van der Waals surface area contributed by atoms with E-state index >= 15 is 0 Å². The molecule has 0 aliphatic carbocycles. The zero-order valence-corrected chi connectivity index (χ0v) is 14.4. The van der Waals surface area contributed by atoms with Gasteiger partial charge in [-0.05, 0) is 66.8 Å². The summed E-state index contributed by atoms with van der Waals surface area (Å²) in [6.07, 6.45) is 0.899. The first-order valence-corrected chi connectivity index (χ1v) is 8.07. The highest BCUT2D eigenvalue weighted by Gasteiger charge is 2.11. The lowest BCUT2D eigenvalue weighted by Crippen LogP contribution is -2.03. The van der Waals surface area contributed by atoms with E-state index in [2.05, 4.69) is 54.9 Å². The van der Waals surface area contributed by atoms with Crippen LogP contribution in [0.4, 0.5) is 0 Å². The lowest BCUT2D eigenvalue weighted by molar-refractivity contribution is 0.469. The Hall–Kier alpha value is -1.32. The molecule has 0 atom stereocenters. The Bertz CT molecular complexity index is 623. The van der Waals surface area contributed by atoms with E-state index in [9.17, 15) is 0 Å². The summed E-state index contributed by atoms with van der Waals surface area (Å²) >= 11 is 3.52. The van der Waals surface area contributed by atoms with Gasteiger partial charge in [-0.25, -0.2) is 0 Å². The van der Waals surface area contributed by atoms with Crippen molar-refractivity contribution in [2.75, 3.05) is 6.54 Å². The molecule has 2 nitrogen and oxygen atoms in total. The fourth-order valence-corrected chi connectivity index (χ4v) is 2.71. The smallest absolute Gasteiger partial charge is 0.130 e. The lowest BCUT2D eigenvalue weighted by Gasteiger charge is -2.16. The van der Waals surface area contributed by atoms with Gasteiger partial charge in [-0.2, -0.15) is 0 Å². The maximum Gasteiger partial charge on any atom is 0.130 e. The number of nitrogens with two attached hydrogens (primary N) is 1. The molecule has 0 saturated heterocycles. The predicted molar refractivity (Wildman–Crippen MR) is 92.2 cm³/mol. The highest BCUT2D eigenvalue weighted by Crippen LogP contribution is 2.34. The molecule has 0 aliphatic rings. The zero-order chi connectivity index (χ0) is 15.4. The van der Waals surface area contributed by atoms with Gasteiger partial charge in [0.1, 0.15) is 11.5 Å². The standard InChI is InChI=1S/C18H22BrNO/c1-12(2)16-11-15(19)5-7-18(16)21-17-6-4-14(8-9-20)10-13(17)3/h4-7,10-12H,8-9,20H2,1-3H3. The summed E-state index contributed by atoms with van der Waals surface area (Å²) in [4.78, 5) is 0. The number of hydrogen-bond donors (Lipinski definition) is 1. The molecule has 2 aromatic rings. The van der Waals surface area contributed by atoms with Gasteiger partial charge >= 0.3 is 0 Å². The molecule has 21 heavy (non-hydrogen) atoms. The van der Waals surface area contributed by atoms with Gasteiger partial charge < -0.3 is 10.5 Å². The summed E-state index contributed by atoms with van der Waals surface area (Å²) in [5, 5.41) is 0. The van der Waals surface area contributed by atoms with Crippen molar-refractivity contribution in [1.82, 2.24) is 0 Å². The molecule has 0 spiro atoms. The number of rotatable bonds is 5. The highest BCUT2D eigenvalue weighted by atomic mass is 79.9. The topological polar surface area (TPSA) is 35.2 Å². The fraction of sp³-hybridized carbons (Fsp3) is 0.333. The number of halogens is 1. The van der Waals surface area contributed by atoms with Crippen LogP contribution in [-0.4, -0.2) is 6.54 Å². The second-order valence-electron chi connectivity index (χ2n) is 5.58. The molecule has 0 aliphatic heterocycles. The first-order chi connectivity index (χ1) is 10.0. The monoisotopic (exact) mass is 347 g/mol. The molecule has 0 radical (unpaired) electrons. The van der Waals surface area contributed by atoms with Crippen molar-refractivity contribution in [3.63, 3.8) is 0 Å². The van der Waals surface area contributed by atoms with Crippen LogP contribution in [0.2, 0.25) is 0 Å². The molecule has 0 fully saturated rings. The quantitative estimate of drug-likeness (QED) is 0.809.